The second-order valence-electron chi connectivity index (χ2n) is 3.68. The maximum atomic E-state index is 10.7. The van der Waals surface area contributed by atoms with E-state index in [2.05, 4.69) is 10.3 Å². The molecule has 8 heteroatoms. The summed E-state index contributed by atoms with van der Waals surface area (Å²) < 4.78 is 1.38. The predicted octanol–water partition coefficient (Wildman–Crippen LogP) is -0.991. The Morgan fingerprint density at radius 3 is 3.06 bits per heavy atom. The fraction of sp³-hybridized carbons (Fsp3) is 0.667. The molecule has 0 radical (unpaired) electrons. The summed E-state index contributed by atoms with van der Waals surface area (Å²) in [7, 11) is 0. The minimum Gasteiger partial charge on any atom is -0.388 e. The largest absolute Gasteiger partial charge is 0.388 e. The maximum absolute atomic E-state index is 10.7. The number of aryl methyl sites for hydroxylation is 1. The summed E-state index contributed by atoms with van der Waals surface area (Å²) >= 11 is 0. The lowest BCUT2D eigenvalue weighted by molar-refractivity contribution is -0.392. The van der Waals surface area contributed by atoms with E-state index >= 15 is 0 Å². The molecule has 0 aliphatic carbocycles. The Hall–Kier alpha value is -1.51. The molecule has 0 amide bonds. The van der Waals surface area contributed by atoms with Crippen molar-refractivity contribution >= 4 is 5.82 Å². The number of hydrogen-bond donors (Lipinski definition) is 3. The molecule has 1 heterocycles. The van der Waals surface area contributed by atoms with Crippen LogP contribution in [0.1, 0.15) is 5.82 Å². The molecule has 1 rings (SSSR count). The lowest BCUT2D eigenvalue weighted by atomic mass is 10.3. The van der Waals surface area contributed by atoms with Crippen LogP contribution in [0.2, 0.25) is 0 Å². The molecule has 1 atom stereocenters. The molecule has 0 aromatic carbocycles. The minimum atomic E-state index is -0.715. The van der Waals surface area contributed by atoms with Crippen LogP contribution >= 0.6 is 0 Å². The van der Waals surface area contributed by atoms with Crippen molar-refractivity contribution in [2.45, 2.75) is 19.6 Å². The Bertz CT molecular complexity index is 379. The van der Waals surface area contributed by atoms with Gasteiger partial charge >= 0.3 is 5.82 Å². The Morgan fingerprint density at radius 2 is 2.47 bits per heavy atom. The highest BCUT2D eigenvalue weighted by Gasteiger charge is 2.20. The zero-order chi connectivity index (χ0) is 12.8. The summed E-state index contributed by atoms with van der Waals surface area (Å²) in [6.45, 7) is 3.22. The van der Waals surface area contributed by atoms with Gasteiger partial charge in [-0.05, 0) is 4.92 Å². The third-order valence-electron chi connectivity index (χ3n) is 2.32. The second-order valence-corrected chi connectivity index (χ2v) is 3.68. The minimum absolute atomic E-state index is 0.111. The summed E-state index contributed by atoms with van der Waals surface area (Å²) in [5.41, 5.74) is 5.29. The van der Waals surface area contributed by atoms with Crippen LogP contribution in [0.15, 0.2) is 6.20 Å². The highest BCUT2D eigenvalue weighted by atomic mass is 16.6. The standard InChI is InChI=1S/C9H17N5O3/c1-7-12-5-9(14(16)17)13(7)6-8(15)4-11-3-2-10/h5,8,11,15H,2-4,6,10H2,1H3. The molecule has 96 valence electrons. The van der Waals surface area contributed by atoms with Gasteiger partial charge in [-0.3, -0.25) is 0 Å². The van der Waals surface area contributed by atoms with E-state index in [0.717, 1.165) is 0 Å². The molecule has 0 saturated heterocycles. The van der Waals surface area contributed by atoms with Crippen LogP contribution in [0.25, 0.3) is 0 Å². The zero-order valence-electron chi connectivity index (χ0n) is 9.67. The number of aliphatic hydroxyl groups is 1. The molecule has 1 aromatic heterocycles. The van der Waals surface area contributed by atoms with Gasteiger partial charge in [0.05, 0.1) is 0 Å². The molecule has 4 N–H and O–H groups in total. The average molecular weight is 243 g/mol. The monoisotopic (exact) mass is 243 g/mol. The van der Waals surface area contributed by atoms with Crippen LogP contribution in [0.3, 0.4) is 0 Å². The van der Waals surface area contributed by atoms with Gasteiger partial charge in [0.15, 0.2) is 5.82 Å². The van der Waals surface area contributed by atoms with Crippen LogP contribution in [0, 0.1) is 17.0 Å². The van der Waals surface area contributed by atoms with Crippen molar-refractivity contribution in [3.8, 4) is 0 Å². The molecule has 0 saturated carbocycles. The Balaban J connectivity index is 2.61. The molecule has 0 bridgehead atoms. The maximum Gasteiger partial charge on any atom is 0.342 e. The van der Waals surface area contributed by atoms with Gasteiger partial charge in [0, 0.05) is 26.6 Å². The number of rotatable bonds is 7. The third-order valence-corrected chi connectivity index (χ3v) is 2.32. The highest BCUT2D eigenvalue weighted by molar-refractivity contribution is 5.18. The van der Waals surface area contributed by atoms with Gasteiger partial charge in [0.25, 0.3) is 0 Å². The third kappa shape index (κ3) is 3.77. The van der Waals surface area contributed by atoms with E-state index < -0.39 is 11.0 Å². The Kier molecular flexibility index (Phi) is 5.01. The summed E-state index contributed by atoms with van der Waals surface area (Å²) in [5.74, 6) is 0.398. The molecule has 1 aromatic rings. The fourth-order valence-corrected chi connectivity index (χ4v) is 1.47. The number of nitrogens with zero attached hydrogens (tertiary/aromatic N) is 3. The number of nitro groups is 1. The summed E-state index contributed by atoms with van der Waals surface area (Å²) in [4.78, 5) is 14.1. The Labute approximate surface area is 98.6 Å². The Morgan fingerprint density at radius 1 is 1.76 bits per heavy atom. The van der Waals surface area contributed by atoms with Crippen molar-refractivity contribution in [3.63, 3.8) is 0 Å². The second kappa shape index (κ2) is 6.28. The first kappa shape index (κ1) is 13.6. The van der Waals surface area contributed by atoms with Crippen molar-refractivity contribution in [2.75, 3.05) is 19.6 Å². The van der Waals surface area contributed by atoms with Crippen molar-refractivity contribution < 1.29 is 10.0 Å². The van der Waals surface area contributed by atoms with E-state index in [4.69, 9.17) is 5.73 Å². The summed E-state index contributed by atoms with van der Waals surface area (Å²) in [6.07, 6.45) is 0.475. The molecule has 0 spiro atoms. The SMILES string of the molecule is Cc1ncc([N+](=O)[O-])n1CC(O)CNCCN. The van der Waals surface area contributed by atoms with Gasteiger partial charge in [-0.15, -0.1) is 0 Å². The number of hydrogen-bond acceptors (Lipinski definition) is 6. The first-order chi connectivity index (χ1) is 8.06. The van der Waals surface area contributed by atoms with Crippen molar-refractivity contribution in [2.24, 2.45) is 5.73 Å². The number of nitrogens with one attached hydrogen (secondary N) is 1. The zero-order valence-corrected chi connectivity index (χ0v) is 9.67. The van der Waals surface area contributed by atoms with Gasteiger partial charge < -0.3 is 26.3 Å². The average Bonchev–Trinajstić information content (AvgIpc) is 2.61. The molecule has 0 aliphatic rings. The molecule has 8 nitrogen and oxygen atoms in total. The van der Waals surface area contributed by atoms with E-state index in [1.165, 1.54) is 10.8 Å². The van der Waals surface area contributed by atoms with Crippen LogP contribution in [-0.4, -0.2) is 45.3 Å². The van der Waals surface area contributed by atoms with Gasteiger partial charge in [-0.25, -0.2) is 9.55 Å². The molecular weight excluding hydrogens is 226 g/mol. The van der Waals surface area contributed by atoms with Crippen molar-refractivity contribution in [1.82, 2.24) is 14.9 Å². The lowest BCUT2D eigenvalue weighted by Crippen LogP contribution is -2.33. The lowest BCUT2D eigenvalue weighted by Gasteiger charge is -2.10. The van der Waals surface area contributed by atoms with Crippen molar-refractivity contribution in [1.29, 1.82) is 0 Å². The van der Waals surface area contributed by atoms with Crippen LogP contribution in [-0.2, 0) is 6.54 Å². The smallest absolute Gasteiger partial charge is 0.342 e. The molecular formula is C9H17N5O3. The topological polar surface area (TPSA) is 119 Å². The number of nitrogens with two attached hydrogens (primary N) is 1. The summed E-state index contributed by atoms with van der Waals surface area (Å²) in [5, 5.41) is 23.3. The van der Waals surface area contributed by atoms with Gasteiger partial charge in [0.2, 0.25) is 0 Å². The normalized spacial score (nSPS) is 12.6. The van der Waals surface area contributed by atoms with E-state index in [-0.39, 0.29) is 12.4 Å². The molecule has 0 fully saturated rings. The number of aliphatic hydroxyl groups excluding tert-OH is 1. The molecule has 17 heavy (non-hydrogen) atoms. The molecule has 1 unspecified atom stereocenters. The highest BCUT2D eigenvalue weighted by Crippen LogP contribution is 2.13. The van der Waals surface area contributed by atoms with Crippen molar-refractivity contribution in [3.05, 3.63) is 22.1 Å². The van der Waals surface area contributed by atoms with Gasteiger partial charge in [-0.2, -0.15) is 0 Å². The van der Waals surface area contributed by atoms with E-state index in [1.807, 2.05) is 0 Å². The first-order valence-corrected chi connectivity index (χ1v) is 5.31. The van der Waals surface area contributed by atoms with Crippen LogP contribution in [0.4, 0.5) is 5.82 Å². The van der Waals surface area contributed by atoms with Crippen LogP contribution < -0.4 is 11.1 Å². The van der Waals surface area contributed by atoms with E-state index in [1.54, 1.807) is 6.92 Å². The number of imidazole rings is 1. The quantitative estimate of drug-likeness (QED) is 0.321. The van der Waals surface area contributed by atoms with E-state index in [9.17, 15) is 15.2 Å². The first-order valence-electron chi connectivity index (χ1n) is 5.31. The predicted molar refractivity (Wildman–Crippen MR) is 61.5 cm³/mol. The summed E-state index contributed by atoms with van der Waals surface area (Å²) in [6, 6.07) is 0. The molecule has 0 aliphatic heterocycles. The number of aromatic nitrogens is 2. The van der Waals surface area contributed by atoms with Gasteiger partial charge in [0.1, 0.15) is 18.8 Å². The van der Waals surface area contributed by atoms with Gasteiger partial charge in [-0.1, -0.05) is 0 Å². The van der Waals surface area contributed by atoms with E-state index in [0.29, 0.717) is 25.5 Å². The fourth-order valence-electron chi connectivity index (χ4n) is 1.47. The van der Waals surface area contributed by atoms with Crippen LogP contribution in [0.5, 0.6) is 0 Å².